The lowest BCUT2D eigenvalue weighted by Crippen LogP contribution is -2.35. The molecule has 6 nitrogen and oxygen atoms in total. The molecule has 1 atom stereocenters. The van der Waals surface area contributed by atoms with Gasteiger partial charge >= 0.3 is 0 Å². The third-order valence-electron chi connectivity index (χ3n) is 9.01. The molecule has 0 spiro atoms. The number of likely N-dealkylation sites (tertiary alicyclic amines) is 1. The molecular weight excluding hydrogens is 522 g/mol. The van der Waals surface area contributed by atoms with E-state index in [-0.39, 0.29) is 0 Å². The van der Waals surface area contributed by atoms with Crippen molar-refractivity contribution in [2.75, 3.05) is 47.5 Å². The summed E-state index contributed by atoms with van der Waals surface area (Å²) in [6.45, 7) is 13.7. The fourth-order valence-electron chi connectivity index (χ4n) is 6.31. The Morgan fingerprint density at radius 3 is 2.45 bits per heavy atom. The monoisotopic (exact) mass is 571 g/mol. The third kappa shape index (κ3) is 7.43. The van der Waals surface area contributed by atoms with Gasteiger partial charge in [-0.15, -0.1) is 0 Å². The number of benzene rings is 2. The molecule has 2 aromatic rings. The summed E-state index contributed by atoms with van der Waals surface area (Å²) < 4.78 is 10.5. The fraction of sp³-hybridized carbons (Fsp3) is 0.500. The molecule has 42 heavy (non-hydrogen) atoms. The smallest absolute Gasteiger partial charge is 0.151 e. The number of allylic oxidation sites excluding steroid dienone is 3. The average Bonchev–Trinajstić information content (AvgIpc) is 3.00. The second kappa shape index (κ2) is 14.8. The SMILES string of the molecule is CCc1cc(C2=CN(C)C(=C=O)C(C)=C2C)ccc1CN1CCC(COc2ccc3c(c2)C(C)NCC3)CC1.COC. The number of likely N-dealkylation sites (N-methyl/N-ethyl adjacent to an activating group) is 1. The molecule has 1 saturated heterocycles. The number of fused-ring (bicyclic) bond motifs is 1. The number of hydrogen-bond donors (Lipinski definition) is 1. The van der Waals surface area contributed by atoms with E-state index in [0.717, 1.165) is 62.5 Å². The number of nitrogens with one attached hydrogen (secondary N) is 1. The summed E-state index contributed by atoms with van der Waals surface area (Å²) in [4.78, 5) is 15.9. The molecule has 1 fully saturated rings. The summed E-state index contributed by atoms with van der Waals surface area (Å²) in [7, 11) is 5.17. The van der Waals surface area contributed by atoms with Crippen molar-refractivity contribution in [3.05, 3.63) is 87.3 Å². The van der Waals surface area contributed by atoms with Crippen LogP contribution >= 0.6 is 0 Å². The summed E-state index contributed by atoms with van der Waals surface area (Å²) >= 11 is 0. The molecule has 5 rings (SSSR count). The number of piperidine rings is 1. The topological polar surface area (TPSA) is 54.0 Å². The minimum absolute atomic E-state index is 0.403. The highest BCUT2D eigenvalue weighted by molar-refractivity contribution is 5.84. The van der Waals surface area contributed by atoms with Crippen LogP contribution in [0, 0.1) is 5.92 Å². The Balaban J connectivity index is 0.00000129. The van der Waals surface area contributed by atoms with Gasteiger partial charge in [0.2, 0.25) is 0 Å². The number of ether oxygens (including phenoxy) is 2. The zero-order chi connectivity index (χ0) is 30.2. The van der Waals surface area contributed by atoms with Crippen molar-refractivity contribution < 1.29 is 14.3 Å². The van der Waals surface area contributed by atoms with Crippen LogP contribution < -0.4 is 10.1 Å². The van der Waals surface area contributed by atoms with Crippen LogP contribution in [0.2, 0.25) is 0 Å². The molecule has 0 aliphatic carbocycles. The van der Waals surface area contributed by atoms with Crippen LogP contribution in [-0.2, 0) is 28.9 Å². The van der Waals surface area contributed by atoms with Crippen LogP contribution in [0.3, 0.4) is 0 Å². The van der Waals surface area contributed by atoms with Crippen LogP contribution in [0.15, 0.2) is 59.4 Å². The summed E-state index contributed by atoms with van der Waals surface area (Å²) in [6.07, 6.45) is 6.53. The number of nitrogens with zero attached hydrogens (tertiary/aromatic N) is 2. The van der Waals surface area contributed by atoms with Crippen molar-refractivity contribution in [2.45, 2.75) is 66.0 Å². The Kier molecular flexibility index (Phi) is 11.2. The highest BCUT2D eigenvalue weighted by Crippen LogP contribution is 2.35. The van der Waals surface area contributed by atoms with Crippen molar-refractivity contribution >= 4 is 11.5 Å². The van der Waals surface area contributed by atoms with Crippen molar-refractivity contribution in [3.63, 3.8) is 0 Å². The van der Waals surface area contributed by atoms with Gasteiger partial charge in [0.25, 0.3) is 0 Å². The zero-order valence-corrected chi connectivity index (χ0v) is 26.7. The van der Waals surface area contributed by atoms with Gasteiger partial charge in [-0.3, -0.25) is 4.90 Å². The number of aryl methyl sites for hydroxylation is 1. The van der Waals surface area contributed by atoms with E-state index in [2.05, 4.69) is 84.3 Å². The van der Waals surface area contributed by atoms with E-state index in [1.165, 1.54) is 46.2 Å². The summed E-state index contributed by atoms with van der Waals surface area (Å²) in [5.74, 6) is 3.71. The maximum Gasteiger partial charge on any atom is 0.151 e. The van der Waals surface area contributed by atoms with E-state index in [1.807, 2.05) is 18.9 Å². The largest absolute Gasteiger partial charge is 0.493 e. The zero-order valence-electron chi connectivity index (χ0n) is 26.7. The molecule has 1 N–H and O–H groups in total. The van der Waals surface area contributed by atoms with Crippen molar-refractivity contribution in [2.24, 2.45) is 5.92 Å². The van der Waals surface area contributed by atoms with Gasteiger partial charge in [-0.2, -0.15) is 0 Å². The van der Waals surface area contributed by atoms with E-state index < -0.39 is 0 Å². The van der Waals surface area contributed by atoms with E-state index in [9.17, 15) is 4.79 Å². The molecule has 3 aliphatic heterocycles. The first kappa shape index (κ1) is 31.8. The van der Waals surface area contributed by atoms with Crippen molar-refractivity contribution in [1.82, 2.24) is 15.1 Å². The molecule has 0 aromatic heterocycles. The van der Waals surface area contributed by atoms with Crippen LogP contribution in [0.5, 0.6) is 5.75 Å². The van der Waals surface area contributed by atoms with Crippen molar-refractivity contribution in [1.29, 1.82) is 0 Å². The van der Waals surface area contributed by atoms with E-state index >= 15 is 0 Å². The number of rotatable bonds is 7. The molecule has 1 unspecified atom stereocenters. The van der Waals surface area contributed by atoms with Gasteiger partial charge in [0, 0.05) is 45.6 Å². The molecule has 0 amide bonds. The molecule has 3 heterocycles. The first-order valence-electron chi connectivity index (χ1n) is 15.4. The van der Waals surface area contributed by atoms with Gasteiger partial charge in [-0.05, 0) is 123 Å². The Labute approximate surface area is 253 Å². The second-order valence-electron chi connectivity index (χ2n) is 11.9. The first-order chi connectivity index (χ1) is 20.3. The highest BCUT2D eigenvalue weighted by atomic mass is 16.5. The molecular formula is C36H49N3O3. The molecule has 2 aromatic carbocycles. The Bertz CT molecular complexity index is 1350. The van der Waals surface area contributed by atoms with Crippen LogP contribution in [0.1, 0.15) is 74.4 Å². The van der Waals surface area contributed by atoms with Gasteiger partial charge in [0.05, 0.1) is 6.61 Å². The fourth-order valence-corrected chi connectivity index (χ4v) is 6.31. The standard InChI is InChI=1S/C34H43N3O2.C2H6O/c1-6-27-17-29(33-20-36(5)34(21-38)24(3)23(33)2)7-8-30(27)19-37-15-12-26(13-16-37)22-39-31-10-9-28-11-14-35-25(4)32(28)18-31;1-3-2/h7-10,17-18,20,25-26,35H,6,11-16,19,22H2,1-5H3;1-2H3. The van der Waals surface area contributed by atoms with Gasteiger partial charge in [-0.1, -0.05) is 31.2 Å². The Morgan fingerprint density at radius 1 is 1.02 bits per heavy atom. The summed E-state index contributed by atoms with van der Waals surface area (Å²) in [6, 6.07) is 14.0. The van der Waals surface area contributed by atoms with E-state index in [0.29, 0.717) is 17.7 Å². The van der Waals surface area contributed by atoms with Crippen molar-refractivity contribution in [3.8, 4) is 5.75 Å². The number of methoxy groups -OCH3 is 1. The minimum Gasteiger partial charge on any atom is -0.493 e. The maximum atomic E-state index is 11.4. The van der Waals surface area contributed by atoms with Crippen LogP contribution in [0.4, 0.5) is 0 Å². The Morgan fingerprint density at radius 2 is 1.76 bits per heavy atom. The number of hydrogen-bond acceptors (Lipinski definition) is 6. The first-order valence-corrected chi connectivity index (χ1v) is 15.4. The minimum atomic E-state index is 0.403. The van der Waals surface area contributed by atoms with Crippen LogP contribution in [-0.4, -0.2) is 63.2 Å². The lowest BCUT2D eigenvalue weighted by atomic mass is 9.89. The lowest BCUT2D eigenvalue weighted by Gasteiger charge is -2.32. The van der Waals surface area contributed by atoms with Gasteiger partial charge in [0.15, 0.2) is 5.94 Å². The average molecular weight is 572 g/mol. The highest BCUT2D eigenvalue weighted by Gasteiger charge is 2.23. The molecule has 6 heteroatoms. The number of carbonyl (C=O) groups excluding carboxylic acids is 1. The van der Waals surface area contributed by atoms with E-state index in [1.54, 1.807) is 14.2 Å². The lowest BCUT2D eigenvalue weighted by molar-refractivity contribution is 0.136. The predicted octanol–water partition coefficient (Wildman–Crippen LogP) is 6.35. The van der Waals surface area contributed by atoms with E-state index in [4.69, 9.17) is 4.74 Å². The summed E-state index contributed by atoms with van der Waals surface area (Å²) in [5.41, 5.74) is 10.8. The predicted molar refractivity (Wildman–Crippen MR) is 172 cm³/mol. The summed E-state index contributed by atoms with van der Waals surface area (Å²) in [5, 5.41) is 3.55. The van der Waals surface area contributed by atoms with Gasteiger partial charge in [-0.25, -0.2) is 4.79 Å². The third-order valence-corrected chi connectivity index (χ3v) is 9.01. The quantitative estimate of drug-likeness (QED) is 0.391. The van der Waals surface area contributed by atoms with Gasteiger partial charge in [0.1, 0.15) is 11.4 Å². The normalized spacial score (nSPS) is 19.5. The molecule has 0 bridgehead atoms. The van der Waals surface area contributed by atoms with Gasteiger partial charge < -0.3 is 19.7 Å². The second-order valence-corrected chi connectivity index (χ2v) is 11.9. The van der Waals surface area contributed by atoms with Crippen LogP contribution in [0.25, 0.3) is 5.57 Å². The molecule has 3 aliphatic rings. The molecule has 226 valence electrons. The molecule has 0 radical (unpaired) electrons. The molecule has 0 saturated carbocycles. The maximum absolute atomic E-state index is 11.4. The Hall–Kier alpha value is -3.15.